The number of carbonyl (C=O) groups excluding carboxylic acids is 1. The summed E-state index contributed by atoms with van der Waals surface area (Å²) in [5.74, 6) is -0.388. The van der Waals surface area contributed by atoms with Gasteiger partial charge in [-0.25, -0.2) is 0 Å². The normalized spacial score (nSPS) is 23.2. The highest BCUT2D eigenvalue weighted by atomic mass is 16.4. The zero-order chi connectivity index (χ0) is 15.5. The fourth-order valence-electron chi connectivity index (χ4n) is 3.26. The molecule has 1 saturated carbocycles. The third kappa shape index (κ3) is 3.47. The van der Waals surface area contributed by atoms with Crippen molar-refractivity contribution in [2.75, 3.05) is 13.1 Å². The Labute approximate surface area is 130 Å². The number of rotatable bonds is 6. The predicted molar refractivity (Wildman–Crippen MR) is 82.3 cm³/mol. The fourth-order valence-corrected chi connectivity index (χ4v) is 3.26. The van der Waals surface area contributed by atoms with Gasteiger partial charge < -0.3 is 10.4 Å². The molecule has 1 unspecified atom stereocenters. The summed E-state index contributed by atoms with van der Waals surface area (Å²) in [5, 5.41) is 12.3. The maximum absolute atomic E-state index is 12.3. The van der Waals surface area contributed by atoms with Crippen molar-refractivity contribution >= 4 is 11.9 Å². The first kappa shape index (κ1) is 15.0. The van der Waals surface area contributed by atoms with Gasteiger partial charge in [0, 0.05) is 0 Å². The average molecular weight is 302 g/mol. The van der Waals surface area contributed by atoms with E-state index in [-0.39, 0.29) is 18.5 Å². The van der Waals surface area contributed by atoms with Crippen molar-refractivity contribution < 1.29 is 14.7 Å². The van der Waals surface area contributed by atoms with Gasteiger partial charge in [0.2, 0.25) is 5.91 Å². The summed E-state index contributed by atoms with van der Waals surface area (Å²) >= 11 is 0. The van der Waals surface area contributed by atoms with Crippen LogP contribution >= 0.6 is 0 Å². The molecule has 1 aromatic rings. The summed E-state index contributed by atoms with van der Waals surface area (Å²) in [7, 11) is 0. The van der Waals surface area contributed by atoms with Gasteiger partial charge in [0.1, 0.15) is 6.04 Å². The Hall–Kier alpha value is -1.88. The number of hydrogen-bond acceptors (Lipinski definition) is 3. The Balaban J connectivity index is 1.61. The minimum absolute atomic E-state index is 0.0552. The number of benzene rings is 1. The van der Waals surface area contributed by atoms with Crippen molar-refractivity contribution in [1.29, 1.82) is 0 Å². The maximum atomic E-state index is 12.3. The third-order valence-corrected chi connectivity index (χ3v) is 4.56. The summed E-state index contributed by atoms with van der Waals surface area (Å²) in [6.45, 7) is 0.858. The second-order valence-corrected chi connectivity index (χ2v) is 6.26. The molecule has 5 heteroatoms. The molecule has 1 saturated heterocycles. The van der Waals surface area contributed by atoms with E-state index >= 15 is 0 Å². The van der Waals surface area contributed by atoms with E-state index in [2.05, 4.69) is 5.32 Å². The number of nitrogens with zero attached hydrogens (tertiary/aromatic N) is 1. The minimum atomic E-state index is -0.827. The fraction of sp³-hybridized carbons (Fsp3) is 0.529. The molecule has 1 amide bonds. The first-order valence-electron chi connectivity index (χ1n) is 7.96. The number of nitrogens with one attached hydrogen (secondary N) is 1. The van der Waals surface area contributed by atoms with Gasteiger partial charge in [0.25, 0.3) is 0 Å². The Bertz CT molecular complexity index is 542. The van der Waals surface area contributed by atoms with Gasteiger partial charge in [-0.2, -0.15) is 0 Å². The second kappa shape index (κ2) is 6.48. The van der Waals surface area contributed by atoms with E-state index in [1.807, 2.05) is 30.3 Å². The van der Waals surface area contributed by atoms with Crippen LogP contribution in [0.1, 0.15) is 37.3 Å². The molecular formula is C17H22N2O3. The van der Waals surface area contributed by atoms with Crippen LogP contribution in [0.3, 0.4) is 0 Å². The van der Waals surface area contributed by atoms with E-state index < -0.39 is 12.0 Å². The quantitative estimate of drug-likeness (QED) is 0.841. The van der Waals surface area contributed by atoms with Crippen LogP contribution in [0.5, 0.6) is 0 Å². The number of carboxylic acid groups (broad SMARTS) is 1. The highest BCUT2D eigenvalue weighted by Crippen LogP contribution is 2.40. The smallest absolute Gasteiger partial charge is 0.320 e. The number of amides is 1. The molecule has 1 aliphatic heterocycles. The molecule has 2 fully saturated rings. The highest BCUT2D eigenvalue weighted by molar-refractivity contribution is 5.80. The molecule has 1 aromatic carbocycles. The highest BCUT2D eigenvalue weighted by Gasteiger charge is 2.35. The van der Waals surface area contributed by atoms with Gasteiger partial charge in [-0.15, -0.1) is 0 Å². The van der Waals surface area contributed by atoms with Crippen LogP contribution in [-0.4, -0.2) is 41.0 Å². The second-order valence-electron chi connectivity index (χ2n) is 6.26. The summed E-state index contributed by atoms with van der Waals surface area (Å²) in [6.07, 6.45) is 3.75. The van der Waals surface area contributed by atoms with E-state index in [0.29, 0.717) is 18.9 Å². The van der Waals surface area contributed by atoms with Crippen LogP contribution in [0, 0.1) is 5.92 Å². The zero-order valence-electron chi connectivity index (χ0n) is 12.6. The zero-order valence-corrected chi connectivity index (χ0v) is 12.6. The van der Waals surface area contributed by atoms with Crippen molar-refractivity contribution in [3.63, 3.8) is 0 Å². The van der Waals surface area contributed by atoms with E-state index in [1.165, 1.54) is 0 Å². The van der Waals surface area contributed by atoms with Crippen LogP contribution in [0.2, 0.25) is 0 Å². The van der Waals surface area contributed by atoms with Gasteiger partial charge in [0.15, 0.2) is 0 Å². The largest absolute Gasteiger partial charge is 0.480 e. The lowest BCUT2D eigenvalue weighted by atomic mass is 10.0. The monoisotopic (exact) mass is 302 g/mol. The molecule has 118 valence electrons. The van der Waals surface area contributed by atoms with Gasteiger partial charge in [-0.1, -0.05) is 30.3 Å². The number of hydrogen-bond donors (Lipinski definition) is 2. The van der Waals surface area contributed by atoms with Gasteiger partial charge in [-0.3, -0.25) is 14.5 Å². The molecule has 0 spiro atoms. The molecule has 0 bridgehead atoms. The van der Waals surface area contributed by atoms with Crippen molar-refractivity contribution in [3.8, 4) is 0 Å². The molecule has 5 nitrogen and oxygen atoms in total. The number of carboxylic acids is 1. The predicted octanol–water partition coefficient (Wildman–Crippen LogP) is 1.80. The van der Waals surface area contributed by atoms with Crippen LogP contribution in [0.4, 0.5) is 0 Å². The topological polar surface area (TPSA) is 69.6 Å². The summed E-state index contributed by atoms with van der Waals surface area (Å²) in [5.41, 5.74) is 1.13. The van der Waals surface area contributed by atoms with Crippen molar-refractivity contribution in [1.82, 2.24) is 10.2 Å². The standard InChI is InChI=1S/C17H22N2O3/c20-15(11-19-10-4-7-14(19)17(21)22)18-16(13-8-9-13)12-5-2-1-3-6-12/h1-3,5-6,13-14,16H,4,7-11H2,(H,18,20)(H,21,22)/t14-,16?/m1/s1. The number of carbonyl (C=O) groups is 2. The Kier molecular flexibility index (Phi) is 4.43. The lowest BCUT2D eigenvalue weighted by Crippen LogP contribution is -2.44. The third-order valence-electron chi connectivity index (χ3n) is 4.56. The first-order chi connectivity index (χ1) is 10.6. The summed E-state index contributed by atoms with van der Waals surface area (Å²) < 4.78 is 0. The molecule has 0 aromatic heterocycles. The molecule has 2 N–H and O–H groups in total. The van der Waals surface area contributed by atoms with Crippen LogP contribution in [-0.2, 0) is 9.59 Å². The van der Waals surface area contributed by atoms with E-state index in [1.54, 1.807) is 4.90 Å². The van der Waals surface area contributed by atoms with Gasteiger partial charge in [0.05, 0.1) is 12.6 Å². The SMILES string of the molecule is O=C(CN1CCC[C@@H]1C(=O)O)NC(c1ccccc1)C1CC1. The average Bonchev–Trinajstić information content (AvgIpc) is 3.24. The molecule has 2 aliphatic rings. The van der Waals surface area contributed by atoms with Crippen LogP contribution in [0.25, 0.3) is 0 Å². The number of likely N-dealkylation sites (tertiary alicyclic amines) is 1. The molecule has 1 heterocycles. The molecule has 2 atom stereocenters. The van der Waals surface area contributed by atoms with E-state index in [9.17, 15) is 14.7 Å². The molecular weight excluding hydrogens is 280 g/mol. The maximum Gasteiger partial charge on any atom is 0.320 e. The molecule has 22 heavy (non-hydrogen) atoms. The Morgan fingerprint density at radius 1 is 1.23 bits per heavy atom. The lowest BCUT2D eigenvalue weighted by Gasteiger charge is -2.23. The number of aliphatic carboxylic acids is 1. The molecule has 0 radical (unpaired) electrons. The minimum Gasteiger partial charge on any atom is -0.480 e. The Morgan fingerprint density at radius 3 is 2.59 bits per heavy atom. The van der Waals surface area contributed by atoms with Crippen LogP contribution in [0.15, 0.2) is 30.3 Å². The van der Waals surface area contributed by atoms with Gasteiger partial charge in [-0.05, 0) is 43.7 Å². The van der Waals surface area contributed by atoms with Crippen molar-refractivity contribution in [2.24, 2.45) is 5.92 Å². The van der Waals surface area contributed by atoms with Crippen molar-refractivity contribution in [3.05, 3.63) is 35.9 Å². The lowest BCUT2D eigenvalue weighted by molar-refractivity contribution is -0.142. The summed E-state index contributed by atoms with van der Waals surface area (Å²) in [4.78, 5) is 25.3. The Morgan fingerprint density at radius 2 is 1.95 bits per heavy atom. The van der Waals surface area contributed by atoms with Gasteiger partial charge >= 0.3 is 5.97 Å². The van der Waals surface area contributed by atoms with E-state index in [4.69, 9.17) is 0 Å². The van der Waals surface area contributed by atoms with Crippen LogP contribution < -0.4 is 5.32 Å². The van der Waals surface area contributed by atoms with E-state index in [0.717, 1.165) is 24.8 Å². The van der Waals surface area contributed by atoms with Crippen molar-refractivity contribution in [2.45, 2.75) is 37.8 Å². The summed E-state index contributed by atoms with van der Waals surface area (Å²) in [6, 6.07) is 9.56. The molecule has 1 aliphatic carbocycles. The molecule has 3 rings (SSSR count). The first-order valence-corrected chi connectivity index (χ1v) is 7.96.